The molecule has 1 rings (SSSR count). The second-order valence-electron chi connectivity index (χ2n) is 4.41. The quantitative estimate of drug-likeness (QED) is 0.620. The van der Waals surface area contributed by atoms with Crippen LogP contribution in [0.5, 0.6) is 0 Å². The van der Waals surface area contributed by atoms with Crippen molar-refractivity contribution in [1.82, 2.24) is 5.32 Å². The van der Waals surface area contributed by atoms with Crippen LogP contribution in [0, 0.1) is 0 Å². The van der Waals surface area contributed by atoms with Crippen LogP contribution >= 0.6 is 0 Å². The van der Waals surface area contributed by atoms with Gasteiger partial charge in [-0.3, -0.25) is 0 Å². The van der Waals surface area contributed by atoms with Crippen LogP contribution in [0.4, 0.5) is 0 Å². The summed E-state index contributed by atoms with van der Waals surface area (Å²) in [5, 5.41) is 3.61. The van der Waals surface area contributed by atoms with Crippen molar-refractivity contribution in [2.45, 2.75) is 64.0 Å². The average Bonchev–Trinajstić information content (AvgIpc) is 2.55. The van der Waals surface area contributed by atoms with Gasteiger partial charge in [0.1, 0.15) is 0 Å². The van der Waals surface area contributed by atoms with E-state index in [4.69, 9.17) is 5.73 Å². The molecule has 1 aliphatic rings. The van der Waals surface area contributed by atoms with Gasteiger partial charge in [-0.25, -0.2) is 0 Å². The fraction of sp³-hybridized carbons (Fsp3) is 1.00. The molecule has 1 atom stereocenters. The fourth-order valence-electron chi connectivity index (χ4n) is 2.03. The van der Waals surface area contributed by atoms with E-state index in [2.05, 4.69) is 12.2 Å². The van der Waals surface area contributed by atoms with Crippen molar-refractivity contribution in [3.05, 3.63) is 0 Å². The maximum atomic E-state index is 5.68. The number of rotatable bonds is 6. The first-order valence-corrected chi connectivity index (χ1v) is 5.78. The van der Waals surface area contributed by atoms with Gasteiger partial charge in [-0.15, -0.1) is 0 Å². The highest BCUT2D eigenvalue weighted by Gasteiger charge is 2.12. The summed E-state index contributed by atoms with van der Waals surface area (Å²) >= 11 is 0. The summed E-state index contributed by atoms with van der Waals surface area (Å²) in [6.07, 6.45) is 9.39. The molecular weight excluding hydrogens is 160 g/mol. The first kappa shape index (κ1) is 11.0. The van der Waals surface area contributed by atoms with E-state index in [9.17, 15) is 0 Å². The largest absolute Gasteiger partial charge is 0.328 e. The topological polar surface area (TPSA) is 38.0 Å². The maximum Gasteiger partial charge on any atom is 0.00670 e. The molecular formula is C11H24N2. The Balaban J connectivity index is 1.83. The zero-order valence-electron chi connectivity index (χ0n) is 8.89. The molecule has 0 aliphatic heterocycles. The van der Waals surface area contributed by atoms with Gasteiger partial charge in [0.15, 0.2) is 0 Å². The summed E-state index contributed by atoms with van der Waals surface area (Å²) < 4.78 is 0. The molecule has 0 aromatic heterocycles. The SMILES string of the molecule is CC(N)CCCCNC1CCCC1. The summed E-state index contributed by atoms with van der Waals surface area (Å²) in [6, 6.07) is 1.21. The molecule has 0 aromatic rings. The molecule has 0 bridgehead atoms. The number of hydrogen-bond donors (Lipinski definition) is 2. The average molecular weight is 184 g/mol. The lowest BCUT2D eigenvalue weighted by Gasteiger charge is -2.11. The van der Waals surface area contributed by atoms with Gasteiger partial charge in [0, 0.05) is 12.1 Å². The summed E-state index contributed by atoms with van der Waals surface area (Å²) in [5.41, 5.74) is 5.68. The van der Waals surface area contributed by atoms with Gasteiger partial charge in [0.25, 0.3) is 0 Å². The molecule has 0 heterocycles. The molecule has 0 saturated heterocycles. The second kappa shape index (κ2) is 6.39. The molecule has 1 fully saturated rings. The van der Waals surface area contributed by atoms with E-state index >= 15 is 0 Å². The molecule has 13 heavy (non-hydrogen) atoms. The van der Waals surface area contributed by atoms with Crippen LogP contribution in [0.2, 0.25) is 0 Å². The Morgan fingerprint density at radius 2 is 2.00 bits per heavy atom. The summed E-state index contributed by atoms with van der Waals surface area (Å²) in [4.78, 5) is 0. The predicted octanol–water partition coefficient (Wildman–Crippen LogP) is 2.04. The Bertz CT molecular complexity index is 117. The molecule has 1 unspecified atom stereocenters. The van der Waals surface area contributed by atoms with Crippen LogP contribution in [0.3, 0.4) is 0 Å². The van der Waals surface area contributed by atoms with Crippen molar-refractivity contribution in [2.75, 3.05) is 6.54 Å². The summed E-state index contributed by atoms with van der Waals surface area (Å²) in [6.45, 7) is 3.28. The number of nitrogens with one attached hydrogen (secondary N) is 1. The van der Waals surface area contributed by atoms with Crippen LogP contribution < -0.4 is 11.1 Å². The van der Waals surface area contributed by atoms with Crippen molar-refractivity contribution in [2.24, 2.45) is 5.73 Å². The van der Waals surface area contributed by atoms with Gasteiger partial charge in [0.2, 0.25) is 0 Å². The van der Waals surface area contributed by atoms with Gasteiger partial charge in [-0.1, -0.05) is 19.3 Å². The van der Waals surface area contributed by atoms with Crippen molar-refractivity contribution in [3.8, 4) is 0 Å². The number of unbranched alkanes of at least 4 members (excludes halogenated alkanes) is 1. The predicted molar refractivity (Wildman–Crippen MR) is 57.8 cm³/mol. The third kappa shape index (κ3) is 5.27. The Morgan fingerprint density at radius 3 is 2.62 bits per heavy atom. The van der Waals surface area contributed by atoms with Crippen molar-refractivity contribution in [3.63, 3.8) is 0 Å². The van der Waals surface area contributed by atoms with Gasteiger partial charge >= 0.3 is 0 Å². The highest BCUT2D eigenvalue weighted by atomic mass is 14.9. The van der Waals surface area contributed by atoms with Gasteiger partial charge in [-0.2, -0.15) is 0 Å². The van der Waals surface area contributed by atoms with Gasteiger partial charge in [-0.05, 0) is 39.2 Å². The van der Waals surface area contributed by atoms with Gasteiger partial charge in [0.05, 0.1) is 0 Å². The minimum atomic E-state index is 0.381. The molecule has 1 saturated carbocycles. The lowest BCUT2D eigenvalue weighted by molar-refractivity contribution is 0.494. The monoisotopic (exact) mass is 184 g/mol. The number of nitrogens with two attached hydrogens (primary N) is 1. The molecule has 0 amide bonds. The summed E-state index contributed by atoms with van der Waals surface area (Å²) in [7, 11) is 0. The Labute approximate surface area is 82.3 Å². The Hall–Kier alpha value is -0.0800. The first-order valence-electron chi connectivity index (χ1n) is 5.78. The fourth-order valence-corrected chi connectivity index (χ4v) is 2.03. The summed E-state index contributed by atoms with van der Waals surface area (Å²) in [5.74, 6) is 0. The third-order valence-electron chi connectivity index (χ3n) is 2.87. The van der Waals surface area contributed by atoms with Crippen LogP contribution in [0.1, 0.15) is 51.9 Å². The highest BCUT2D eigenvalue weighted by molar-refractivity contribution is 4.73. The van der Waals surface area contributed by atoms with E-state index in [-0.39, 0.29) is 0 Å². The zero-order chi connectivity index (χ0) is 9.52. The minimum Gasteiger partial charge on any atom is -0.328 e. The zero-order valence-corrected chi connectivity index (χ0v) is 8.89. The van der Waals surface area contributed by atoms with Gasteiger partial charge < -0.3 is 11.1 Å². The lowest BCUT2D eigenvalue weighted by atomic mass is 10.1. The molecule has 2 heteroatoms. The lowest BCUT2D eigenvalue weighted by Crippen LogP contribution is -2.27. The van der Waals surface area contributed by atoms with Crippen molar-refractivity contribution >= 4 is 0 Å². The normalized spacial score (nSPS) is 20.8. The van der Waals surface area contributed by atoms with Crippen LogP contribution in [-0.4, -0.2) is 18.6 Å². The van der Waals surface area contributed by atoms with E-state index in [1.54, 1.807) is 0 Å². The van der Waals surface area contributed by atoms with E-state index < -0.39 is 0 Å². The van der Waals surface area contributed by atoms with Crippen LogP contribution in [0.25, 0.3) is 0 Å². The van der Waals surface area contributed by atoms with Crippen molar-refractivity contribution < 1.29 is 0 Å². The molecule has 2 nitrogen and oxygen atoms in total. The van der Waals surface area contributed by atoms with Crippen LogP contribution in [0.15, 0.2) is 0 Å². The van der Waals surface area contributed by atoms with E-state index in [1.807, 2.05) is 0 Å². The molecule has 1 aliphatic carbocycles. The molecule has 78 valence electrons. The number of hydrogen-bond acceptors (Lipinski definition) is 2. The van der Waals surface area contributed by atoms with Crippen LogP contribution in [-0.2, 0) is 0 Å². The van der Waals surface area contributed by atoms with E-state index in [0.29, 0.717) is 6.04 Å². The maximum absolute atomic E-state index is 5.68. The Morgan fingerprint density at radius 1 is 1.31 bits per heavy atom. The molecule has 3 N–H and O–H groups in total. The minimum absolute atomic E-state index is 0.381. The smallest absolute Gasteiger partial charge is 0.00670 e. The first-order chi connectivity index (χ1) is 6.29. The Kier molecular flexibility index (Phi) is 5.40. The van der Waals surface area contributed by atoms with E-state index in [0.717, 1.165) is 6.04 Å². The molecule has 0 radical (unpaired) electrons. The molecule has 0 aromatic carbocycles. The standard InChI is InChI=1S/C11H24N2/c1-10(12)6-4-5-9-13-11-7-2-3-8-11/h10-11,13H,2-9,12H2,1H3. The second-order valence-corrected chi connectivity index (χ2v) is 4.41. The van der Waals surface area contributed by atoms with E-state index in [1.165, 1.54) is 51.5 Å². The highest BCUT2D eigenvalue weighted by Crippen LogP contribution is 2.17. The molecule has 0 spiro atoms. The third-order valence-corrected chi connectivity index (χ3v) is 2.87. The van der Waals surface area contributed by atoms with Crippen molar-refractivity contribution in [1.29, 1.82) is 0 Å².